The van der Waals surface area contributed by atoms with E-state index in [1.807, 2.05) is 32.0 Å². The number of halogens is 1. The maximum absolute atomic E-state index is 13.2. The summed E-state index contributed by atoms with van der Waals surface area (Å²) in [4.78, 5) is 19.8. The van der Waals surface area contributed by atoms with E-state index in [9.17, 15) is 18.3 Å². The summed E-state index contributed by atoms with van der Waals surface area (Å²) in [5, 5.41) is 9.72. The number of nitrogens with one attached hydrogen (secondary N) is 1. The molecule has 0 aliphatic carbocycles. The van der Waals surface area contributed by atoms with E-state index in [0.29, 0.717) is 16.3 Å². The molecule has 38 heavy (non-hydrogen) atoms. The fraction of sp³-hybridized carbons (Fsp3) is 0.148. The number of ether oxygens (including phenoxy) is 1. The van der Waals surface area contributed by atoms with Crippen LogP contribution < -0.4 is 15.2 Å². The fourth-order valence-corrected chi connectivity index (χ4v) is 5.22. The molecule has 0 bridgehead atoms. The third-order valence-corrected chi connectivity index (χ3v) is 7.46. The highest BCUT2D eigenvalue weighted by Gasteiger charge is 2.22. The van der Waals surface area contributed by atoms with E-state index in [4.69, 9.17) is 22.1 Å². The second-order valence-corrected chi connectivity index (χ2v) is 10.6. The van der Waals surface area contributed by atoms with E-state index in [2.05, 4.69) is 14.7 Å². The van der Waals surface area contributed by atoms with E-state index in [-0.39, 0.29) is 28.8 Å². The topological polar surface area (TPSA) is 144 Å². The van der Waals surface area contributed by atoms with Crippen molar-refractivity contribution in [2.24, 2.45) is 5.73 Å². The van der Waals surface area contributed by atoms with Crippen molar-refractivity contribution in [3.63, 3.8) is 0 Å². The van der Waals surface area contributed by atoms with Gasteiger partial charge in [-0.15, -0.1) is 0 Å². The first kappa shape index (κ1) is 27.1. The van der Waals surface area contributed by atoms with Gasteiger partial charge in [0.05, 0.1) is 16.2 Å². The molecule has 0 saturated heterocycles. The molecule has 0 saturated carbocycles. The van der Waals surface area contributed by atoms with Crippen molar-refractivity contribution in [3.8, 4) is 17.1 Å². The zero-order valence-corrected chi connectivity index (χ0v) is 22.1. The number of aromatic nitrogens is 2. The van der Waals surface area contributed by atoms with Crippen LogP contribution in [0.3, 0.4) is 0 Å². The zero-order valence-electron chi connectivity index (χ0n) is 20.6. The van der Waals surface area contributed by atoms with Gasteiger partial charge in [0.15, 0.2) is 0 Å². The fourth-order valence-electron chi connectivity index (χ4n) is 3.97. The van der Waals surface area contributed by atoms with Crippen molar-refractivity contribution in [3.05, 3.63) is 100 Å². The first-order chi connectivity index (χ1) is 18.1. The highest BCUT2D eigenvalue weighted by molar-refractivity contribution is 7.92. The number of rotatable bonds is 9. The van der Waals surface area contributed by atoms with Crippen LogP contribution in [-0.2, 0) is 10.0 Å². The number of hydrogen-bond donors (Lipinski definition) is 3. The monoisotopic (exact) mass is 552 g/mol. The predicted molar refractivity (Wildman–Crippen MR) is 145 cm³/mol. The number of benzene rings is 3. The van der Waals surface area contributed by atoms with E-state index >= 15 is 0 Å². The summed E-state index contributed by atoms with van der Waals surface area (Å²) in [6.45, 7) is 3.91. The van der Waals surface area contributed by atoms with Crippen LogP contribution in [0, 0.1) is 13.8 Å². The number of carbonyl (C=O) groups is 1. The third-order valence-electron chi connectivity index (χ3n) is 5.79. The number of nitrogens with zero attached hydrogens (tertiary/aromatic N) is 2. The van der Waals surface area contributed by atoms with Gasteiger partial charge in [-0.2, -0.15) is 4.98 Å². The van der Waals surface area contributed by atoms with Gasteiger partial charge in [-0.05, 0) is 49.2 Å². The van der Waals surface area contributed by atoms with Crippen LogP contribution in [-0.4, -0.2) is 36.0 Å². The summed E-state index contributed by atoms with van der Waals surface area (Å²) in [5.41, 5.74) is 9.51. The van der Waals surface area contributed by atoms with Crippen LogP contribution in [0.25, 0.3) is 11.3 Å². The minimum atomic E-state index is -4.24. The van der Waals surface area contributed by atoms with E-state index in [0.717, 1.165) is 22.8 Å². The molecule has 4 aromatic rings. The highest BCUT2D eigenvalue weighted by Crippen LogP contribution is 2.32. The van der Waals surface area contributed by atoms with Crippen molar-refractivity contribution in [1.29, 1.82) is 0 Å². The van der Waals surface area contributed by atoms with Gasteiger partial charge in [0.1, 0.15) is 6.10 Å². The molecule has 0 amide bonds. The van der Waals surface area contributed by atoms with Crippen molar-refractivity contribution in [2.45, 2.75) is 24.8 Å². The van der Waals surface area contributed by atoms with Crippen molar-refractivity contribution in [1.82, 2.24) is 9.97 Å². The quantitative estimate of drug-likeness (QED) is 0.263. The lowest BCUT2D eigenvalue weighted by atomic mass is 10.00. The Bertz CT molecular complexity index is 1590. The number of hydrogen-bond acceptors (Lipinski definition) is 7. The zero-order chi connectivity index (χ0) is 27.4. The molecule has 11 heteroatoms. The van der Waals surface area contributed by atoms with Crippen molar-refractivity contribution < 1.29 is 23.1 Å². The van der Waals surface area contributed by atoms with E-state index < -0.39 is 22.1 Å². The molecule has 1 atom stereocenters. The summed E-state index contributed by atoms with van der Waals surface area (Å²) >= 11 is 6.35. The maximum atomic E-state index is 13.2. The summed E-state index contributed by atoms with van der Waals surface area (Å²) < 4.78 is 34.8. The van der Waals surface area contributed by atoms with Crippen LogP contribution in [0.4, 0.5) is 5.95 Å². The molecule has 9 nitrogen and oxygen atoms in total. The number of anilines is 1. The molecule has 4 N–H and O–H groups in total. The Balaban J connectivity index is 1.80. The molecule has 1 unspecified atom stereocenters. The van der Waals surface area contributed by atoms with Gasteiger partial charge in [-0.1, -0.05) is 54.1 Å². The molecular weight excluding hydrogens is 528 g/mol. The van der Waals surface area contributed by atoms with Crippen molar-refractivity contribution in [2.75, 3.05) is 11.3 Å². The normalized spacial score (nSPS) is 12.1. The van der Waals surface area contributed by atoms with E-state index in [1.54, 1.807) is 30.3 Å². The summed E-state index contributed by atoms with van der Waals surface area (Å²) in [7, 11) is -4.24. The molecule has 0 spiro atoms. The Hall–Kier alpha value is -3.99. The number of sulfonamides is 1. The molecule has 0 aliphatic heterocycles. The molecule has 1 heterocycles. The van der Waals surface area contributed by atoms with Gasteiger partial charge in [-0.3, -0.25) is 0 Å². The number of carboxylic acids is 1. The summed E-state index contributed by atoms with van der Waals surface area (Å²) in [5.74, 6) is -1.43. The molecule has 0 fully saturated rings. The third kappa shape index (κ3) is 5.94. The van der Waals surface area contributed by atoms with Crippen LogP contribution in [0.1, 0.15) is 33.2 Å². The first-order valence-electron chi connectivity index (χ1n) is 11.5. The summed E-state index contributed by atoms with van der Waals surface area (Å²) in [6.07, 6.45) is -0.666. The second-order valence-electron chi connectivity index (χ2n) is 8.48. The number of carboxylic acid groups (broad SMARTS) is 1. The lowest BCUT2D eigenvalue weighted by molar-refractivity contribution is 0.0696. The summed E-state index contributed by atoms with van der Waals surface area (Å²) in [6, 6.07) is 19.4. The minimum absolute atomic E-state index is 0.0741. The van der Waals surface area contributed by atoms with Crippen LogP contribution >= 0.6 is 11.6 Å². The number of aryl methyl sites for hydroxylation is 2. The average molecular weight is 553 g/mol. The maximum Gasteiger partial charge on any atom is 0.335 e. The predicted octanol–water partition coefficient (Wildman–Crippen LogP) is 4.99. The lowest BCUT2D eigenvalue weighted by Crippen LogP contribution is -2.20. The standard InChI is InChI=1S/C27H25ClN4O5S/c1-16-7-5-8-17(2)25(16)22-14-24(37-23(15-29)20-11-3-4-12-21(20)28)31-27(30-22)32-38(35,36)19-10-6-9-18(13-19)26(33)34/h3-14,23H,15,29H2,1-2H3,(H,33,34)(H,30,31,32). The van der Waals surface area contributed by atoms with Gasteiger partial charge in [-0.25, -0.2) is 22.9 Å². The van der Waals surface area contributed by atoms with Crippen molar-refractivity contribution >= 4 is 33.5 Å². The average Bonchev–Trinajstić information content (AvgIpc) is 2.87. The van der Waals surface area contributed by atoms with Crippen LogP contribution in [0.15, 0.2) is 77.7 Å². The number of nitrogens with two attached hydrogens (primary N) is 1. The largest absolute Gasteiger partial charge is 0.478 e. The van der Waals surface area contributed by atoms with Gasteiger partial charge in [0.2, 0.25) is 11.8 Å². The van der Waals surface area contributed by atoms with Crippen LogP contribution in [0.5, 0.6) is 5.88 Å². The van der Waals surface area contributed by atoms with Gasteiger partial charge < -0.3 is 15.6 Å². The van der Waals surface area contributed by atoms with Gasteiger partial charge >= 0.3 is 5.97 Å². The van der Waals surface area contributed by atoms with Gasteiger partial charge in [0, 0.05) is 28.8 Å². The SMILES string of the molecule is Cc1cccc(C)c1-c1cc(OC(CN)c2ccccc2Cl)nc(NS(=O)(=O)c2cccc(C(=O)O)c2)n1. The van der Waals surface area contributed by atoms with Gasteiger partial charge in [0.25, 0.3) is 10.0 Å². The molecule has 3 aromatic carbocycles. The smallest absolute Gasteiger partial charge is 0.335 e. The minimum Gasteiger partial charge on any atom is -0.478 e. The lowest BCUT2D eigenvalue weighted by Gasteiger charge is -2.20. The van der Waals surface area contributed by atoms with E-state index in [1.165, 1.54) is 18.2 Å². The Labute approximate surface area is 225 Å². The molecule has 1 aromatic heterocycles. The molecule has 0 radical (unpaired) electrons. The second kappa shape index (κ2) is 11.2. The Kier molecular flexibility index (Phi) is 7.96. The number of aromatic carboxylic acids is 1. The molecule has 196 valence electrons. The molecule has 0 aliphatic rings. The Morgan fingerprint density at radius 3 is 2.37 bits per heavy atom. The first-order valence-corrected chi connectivity index (χ1v) is 13.4. The molecular formula is C27H25ClN4O5S. The molecule has 4 rings (SSSR count). The Morgan fingerprint density at radius 2 is 1.71 bits per heavy atom. The Morgan fingerprint density at radius 1 is 1.03 bits per heavy atom. The highest BCUT2D eigenvalue weighted by atomic mass is 35.5. The van der Waals surface area contributed by atoms with Crippen LogP contribution in [0.2, 0.25) is 5.02 Å².